The smallest absolute Gasteiger partial charge is 1.00 e. The summed E-state index contributed by atoms with van der Waals surface area (Å²) in [5.41, 5.74) is 0. The van der Waals surface area contributed by atoms with E-state index < -0.39 is 0 Å². The van der Waals surface area contributed by atoms with Crippen molar-refractivity contribution in [3.05, 3.63) is 0 Å². The molecule has 0 aliphatic carbocycles. The Bertz CT molecular complexity index is 132. The van der Waals surface area contributed by atoms with Gasteiger partial charge in [-0.15, -0.1) is 11.8 Å². The molecule has 0 atom stereocenters. The second-order valence-electron chi connectivity index (χ2n) is 2.60. The van der Waals surface area contributed by atoms with Crippen molar-refractivity contribution >= 4 is 39.0 Å². The summed E-state index contributed by atoms with van der Waals surface area (Å²) in [6, 6.07) is 0. The minimum absolute atomic E-state index is 0. The third-order valence-corrected chi connectivity index (χ3v) is 1.90. The fraction of sp³-hybridized carbons (Fsp3) is 0.800. The molecule has 0 spiro atoms. The molecule has 0 amide bonds. The van der Waals surface area contributed by atoms with Gasteiger partial charge in [0.15, 0.2) is 0 Å². The van der Waals surface area contributed by atoms with Crippen molar-refractivity contribution in [3.8, 4) is 11.8 Å². The van der Waals surface area contributed by atoms with Crippen molar-refractivity contribution in [2.75, 3.05) is 5.33 Å². The van der Waals surface area contributed by atoms with Crippen molar-refractivity contribution < 1.29 is 2.85 Å². The van der Waals surface area contributed by atoms with Gasteiger partial charge >= 0.3 is 23.1 Å². The van der Waals surface area contributed by atoms with E-state index in [9.17, 15) is 0 Å². The Hall–Kier alpha value is 0.806. The Kier molecular flexibility index (Phi) is 18.3. The number of halogens is 1. The monoisotopic (exact) mass is 242 g/mol. The van der Waals surface area contributed by atoms with Gasteiger partial charge in [0.1, 0.15) is 0 Å². The predicted octanol–water partition coefficient (Wildman–Crippen LogP) is 3.59. The molecule has 0 aliphatic heterocycles. The molecule has 0 aromatic carbocycles. The van der Waals surface area contributed by atoms with Crippen LogP contribution >= 0.6 is 15.9 Å². The zero-order valence-corrected chi connectivity index (χ0v) is 11.0. The first-order valence-electron chi connectivity index (χ1n) is 4.43. The van der Waals surface area contributed by atoms with Crippen molar-refractivity contribution in [1.29, 1.82) is 0 Å². The fourth-order valence-corrected chi connectivity index (χ4v) is 1.06. The standard InChI is InChI=1S/C10H17Br.Mg.2H/c1-2-3-4-5-6-7-8-9-10-11;;;/h2-6,9-10H2,1H3;;;/q;+2;2*-1. The maximum Gasteiger partial charge on any atom is 2.00 e. The van der Waals surface area contributed by atoms with Gasteiger partial charge in [0.05, 0.1) is 0 Å². The molecule has 0 rings (SSSR count). The summed E-state index contributed by atoms with van der Waals surface area (Å²) in [4.78, 5) is 0. The third kappa shape index (κ3) is 13.4. The molecular weight excluding hydrogens is 224 g/mol. The van der Waals surface area contributed by atoms with Gasteiger partial charge in [-0.05, 0) is 6.42 Å². The number of hydrogen-bond acceptors (Lipinski definition) is 0. The van der Waals surface area contributed by atoms with Gasteiger partial charge < -0.3 is 2.85 Å². The molecule has 0 unspecified atom stereocenters. The normalized spacial score (nSPS) is 8.17. The van der Waals surface area contributed by atoms with Gasteiger partial charge in [0, 0.05) is 18.2 Å². The van der Waals surface area contributed by atoms with Gasteiger partial charge in [-0.2, -0.15) is 0 Å². The van der Waals surface area contributed by atoms with E-state index in [1.807, 2.05) is 0 Å². The molecule has 0 bridgehead atoms. The van der Waals surface area contributed by atoms with E-state index in [1.165, 1.54) is 25.7 Å². The van der Waals surface area contributed by atoms with Crippen molar-refractivity contribution in [2.24, 2.45) is 0 Å². The minimum atomic E-state index is 0. The molecule has 0 heterocycles. The molecule has 0 saturated heterocycles. The Labute approximate surface area is 104 Å². The van der Waals surface area contributed by atoms with E-state index in [-0.39, 0.29) is 25.9 Å². The predicted molar refractivity (Wildman–Crippen MR) is 62.9 cm³/mol. The molecular formula is C10H19BrMg. The van der Waals surface area contributed by atoms with Crippen molar-refractivity contribution in [2.45, 2.75) is 45.4 Å². The fourth-order valence-electron chi connectivity index (χ4n) is 0.864. The van der Waals surface area contributed by atoms with E-state index in [1.54, 1.807) is 0 Å². The van der Waals surface area contributed by atoms with Crippen LogP contribution in [0.5, 0.6) is 0 Å². The second-order valence-corrected chi connectivity index (χ2v) is 3.40. The van der Waals surface area contributed by atoms with Crippen LogP contribution in [-0.2, 0) is 0 Å². The SMILES string of the molecule is CCCCCCC#CCCBr.[H-].[H-].[Mg+2]. The summed E-state index contributed by atoms with van der Waals surface area (Å²) in [6.45, 7) is 2.23. The second kappa shape index (κ2) is 14.3. The van der Waals surface area contributed by atoms with Crippen LogP contribution in [0, 0.1) is 11.8 Å². The maximum absolute atomic E-state index is 3.34. The van der Waals surface area contributed by atoms with Gasteiger partial charge in [-0.3, -0.25) is 0 Å². The average Bonchev–Trinajstić information content (AvgIpc) is 2.03. The Morgan fingerprint density at radius 2 is 1.75 bits per heavy atom. The summed E-state index contributed by atoms with van der Waals surface area (Å²) in [7, 11) is 0. The summed E-state index contributed by atoms with van der Waals surface area (Å²) in [6.07, 6.45) is 7.39. The third-order valence-electron chi connectivity index (χ3n) is 1.50. The van der Waals surface area contributed by atoms with Crippen molar-refractivity contribution in [1.82, 2.24) is 0 Å². The summed E-state index contributed by atoms with van der Waals surface area (Å²) in [5, 5.41) is 1.01. The number of alkyl halides is 1. The molecule has 0 aliphatic rings. The molecule has 12 heavy (non-hydrogen) atoms. The quantitative estimate of drug-likeness (QED) is 0.300. The van der Waals surface area contributed by atoms with Crippen molar-refractivity contribution in [3.63, 3.8) is 0 Å². The number of rotatable bonds is 5. The molecule has 0 N–H and O–H groups in total. The van der Waals surface area contributed by atoms with Gasteiger partial charge in [0.25, 0.3) is 0 Å². The topological polar surface area (TPSA) is 0 Å². The van der Waals surface area contributed by atoms with E-state index in [0.29, 0.717) is 0 Å². The number of hydrogen-bond donors (Lipinski definition) is 0. The van der Waals surface area contributed by atoms with Crippen LogP contribution in [0.3, 0.4) is 0 Å². The van der Waals surface area contributed by atoms with E-state index in [0.717, 1.165) is 18.2 Å². The Morgan fingerprint density at radius 1 is 1.08 bits per heavy atom. The van der Waals surface area contributed by atoms with Crippen LogP contribution < -0.4 is 0 Å². The first-order chi connectivity index (χ1) is 5.41. The molecule has 0 aromatic heterocycles. The number of unbranched alkanes of at least 4 members (excludes halogenated alkanes) is 4. The summed E-state index contributed by atoms with van der Waals surface area (Å²) < 4.78 is 0. The molecule has 0 nitrogen and oxygen atoms in total. The largest absolute Gasteiger partial charge is 2.00 e. The van der Waals surface area contributed by atoms with Crippen LogP contribution in [0.1, 0.15) is 48.3 Å². The minimum Gasteiger partial charge on any atom is -1.00 e. The first kappa shape index (κ1) is 15.3. The molecule has 0 aromatic rings. The first-order valence-corrected chi connectivity index (χ1v) is 5.55. The van der Waals surface area contributed by atoms with Crippen LogP contribution in [0.15, 0.2) is 0 Å². The maximum atomic E-state index is 3.34. The Balaban J connectivity index is -0.000000167. The van der Waals surface area contributed by atoms with Crippen LogP contribution in [-0.4, -0.2) is 28.4 Å². The van der Waals surface area contributed by atoms with E-state index >= 15 is 0 Å². The van der Waals surface area contributed by atoms with Gasteiger partial charge in [-0.1, -0.05) is 42.1 Å². The van der Waals surface area contributed by atoms with E-state index in [2.05, 4.69) is 34.7 Å². The Morgan fingerprint density at radius 3 is 2.33 bits per heavy atom. The van der Waals surface area contributed by atoms with Crippen LogP contribution in [0.25, 0.3) is 0 Å². The van der Waals surface area contributed by atoms with Gasteiger partial charge in [-0.25, -0.2) is 0 Å². The molecule has 0 fully saturated rings. The molecule has 0 saturated carbocycles. The van der Waals surface area contributed by atoms with Crippen LogP contribution in [0.2, 0.25) is 0 Å². The van der Waals surface area contributed by atoms with E-state index in [4.69, 9.17) is 0 Å². The van der Waals surface area contributed by atoms with Crippen LogP contribution in [0.4, 0.5) is 0 Å². The molecule has 2 heteroatoms. The summed E-state index contributed by atoms with van der Waals surface area (Å²) in [5.74, 6) is 6.28. The zero-order chi connectivity index (χ0) is 8.36. The molecule has 68 valence electrons. The summed E-state index contributed by atoms with van der Waals surface area (Å²) >= 11 is 3.34. The van der Waals surface area contributed by atoms with Gasteiger partial charge in [0.2, 0.25) is 0 Å². The average molecular weight is 243 g/mol. The molecule has 0 radical (unpaired) electrons. The zero-order valence-electron chi connectivity index (χ0n) is 10.0.